The Bertz CT molecular complexity index is 692. The lowest BCUT2D eigenvalue weighted by Crippen LogP contribution is -2.26. The SMILES string of the molecule is CC1(C)ON=C(I)c2ccc(-c3ccc(F)cc3)cc21. The third kappa shape index (κ3) is 2.32. The molecular weight excluding hydrogens is 368 g/mol. The lowest BCUT2D eigenvalue weighted by atomic mass is 9.89. The van der Waals surface area contributed by atoms with Crippen molar-refractivity contribution in [1.29, 1.82) is 0 Å². The van der Waals surface area contributed by atoms with E-state index >= 15 is 0 Å². The molecule has 20 heavy (non-hydrogen) atoms. The molecule has 0 bridgehead atoms. The summed E-state index contributed by atoms with van der Waals surface area (Å²) >= 11 is 2.17. The summed E-state index contributed by atoms with van der Waals surface area (Å²) in [6.07, 6.45) is 0. The molecule has 4 heteroatoms. The van der Waals surface area contributed by atoms with Crippen molar-refractivity contribution in [3.05, 3.63) is 59.4 Å². The Morgan fingerprint density at radius 3 is 2.40 bits per heavy atom. The molecule has 0 aliphatic carbocycles. The second-order valence-electron chi connectivity index (χ2n) is 5.25. The van der Waals surface area contributed by atoms with Crippen LogP contribution in [0.2, 0.25) is 0 Å². The van der Waals surface area contributed by atoms with Crippen molar-refractivity contribution in [3.63, 3.8) is 0 Å². The van der Waals surface area contributed by atoms with Gasteiger partial charge in [-0.05, 0) is 65.8 Å². The highest BCUT2D eigenvalue weighted by Gasteiger charge is 2.31. The van der Waals surface area contributed by atoms with E-state index in [1.165, 1.54) is 12.1 Å². The van der Waals surface area contributed by atoms with Gasteiger partial charge in [0.1, 0.15) is 9.54 Å². The van der Waals surface area contributed by atoms with Crippen LogP contribution in [0.15, 0.2) is 47.6 Å². The van der Waals surface area contributed by atoms with Gasteiger partial charge in [0.05, 0.1) is 0 Å². The number of hydrogen-bond donors (Lipinski definition) is 0. The van der Waals surface area contributed by atoms with Gasteiger partial charge in [-0.3, -0.25) is 0 Å². The molecular formula is C16H13FINO. The van der Waals surface area contributed by atoms with E-state index in [0.29, 0.717) is 0 Å². The second-order valence-corrected chi connectivity index (χ2v) is 6.27. The molecule has 0 amide bonds. The van der Waals surface area contributed by atoms with Crippen molar-refractivity contribution in [2.75, 3.05) is 0 Å². The Balaban J connectivity index is 2.13. The van der Waals surface area contributed by atoms with Crippen molar-refractivity contribution in [3.8, 4) is 11.1 Å². The molecule has 1 aliphatic rings. The Morgan fingerprint density at radius 1 is 1.05 bits per heavy atom. The van der Waals surface area contributed by atoms with E-state index in [-0.39, 0.29) is 5.82 Å². The minimum absolute atomic E-state index is 0.225. The van der Waals surface area contributed by atoms with Gasteiger partial charge in [-0.25, -0.2) is 4.39 Å². The van der Waals surface area contributed by atoms with Crippen LogP contribution in [0.1, 0.15) is 25.0 Å². The zero-order chi connectivity index (χ0) is 14.3. The number of halogens is 2. The lowest BCUT2D eigenvalue weighted by Gasteiger charge is -2.29. The van der Waals surface area contributed by atoms with Crippen LogP contribution in [-0.4, -0.2) is 3.72 Å². The fraction of sp³-hybridized carbons (Fsp3) is 0.188. The maximum atomic E-state index is 13.0. The molecule has 0 saturated carbocycles. The van der Waals surface area contributed by atoms with Crippen LogP contribution >= 0.6 is 22.6 Å². The zero-order valence-corrected chi connectivity index (χ0v) is 13.3. The Morgan fingerprint density at radius 2 is 1.70 bits per heavy atom. The second kappa shape index (κ2) is 4.84. The molecule has 1 aliphatic heterocycles. The summed E-state index contributed by atoms with van der Waals surface area (Å²) in [7, 11) is 0. The number of benzene rings is 2. The number of fused-ring (bicyclic) bond motifs is 1. The summed E-state index contributed by atoms with van der Waals surface area (Å²) in [5.41, 5.74) is 3.76. The molecule has 0 fully saturated rings. The summed E-state index contributed by atoms with van der Waals surface area (Å²) in [6.45, 7) is 3.99. The van der Waals surface area contributed by atoms with Crippen LogP contribution in [0, 0.1) is 5.82 Å². The summed E-state index contributed by atoms with van der Waals surface area (Å²) in [4.78, 5) is 5.53. The first-order valence-corrected chi connectivity index (χ1v) is 7.38. The maximum absolute atomic E-state index is 13.0. The predicted octanol–water partition coefficient (Wildman–Crippen LogP) is 4.85. The molecule has 0 unspecified atom stereocenters. The molecule has 102 valence electrons. The van der Waals surface area contributed by atoms with Gasteiger partial charge in [-0.2, -0.15) is 0 Å². The van der Waals surface area contributed by atoms with Crippen LogP contribution in [0.25, 0.3) is 11.1 Å². The van der Waals surface area contributed by atoms with E-state index in [9.17, 15) is 4.39 Å². The summed E-state index contributed by atoms with van der Waals surface area (Å²) < 4.78 is 13.9. The molecule has 3 rings (SSSR count). The predicted molar refractivity (Wildman–Crippen MR) is 86.5 cm³/mol. The van der Waals surface area contributed by atoms with Crippen LogP contribution < -0.4 is 0 Å². The van der Waals surface area contributed by atoms with Gasteiger partial charge >= 0.3 is 0 Å². The Kier molecular flexibility index (Phi) is 3.28. The lowest BCUT2D eigenvalue weighted by molar-refractivity contribution is -0.0214. The molecule has 0 aromatic heterocycles. The fourth-order valence-corrected chi connectivity index (χ4v) is 2.87. The van der Waals surface area contributed by atoms with Crippen molar-refractivity contribution < 1.29 is 9.23 Å². The third-order valence-corrected chi connectivity index (χ3v) is 4.20. The first-order valence-electron chi connectivity index (χ1n) is 6.30. The van der Waals surface area contributed by atoms with Gasteiger partial charge in [-0.15, -0.1) is 0 Å². The highest BCUT2D eigenvalue weighted by Crippen LogP contribution is 2.36. The normalized spacial score (nSPS) is 16.1. The van der Waals surface area contributed by atoms with Gasteiger partial charge in [0.25, 0.3) is 0 Å². The first-order chi connectivity index (χ1) is 9.47. The molecule has 0 N–H and O–H groups in total. The van der Waals surface area contributed by atoms with Gasteiger partial charge in [0.2, 0.25) is 0 Å². The van der Waals surface area contributed by atoms with Crippen LogP contribution in [0.3, 0.4) is 0 Å². The van der Waals surface area contributed by atoms with Crippen molar-refractivity contribution in [1.82, 2.24) is 0 Å². The van der Waals surface area contributed by atoms with Gasteiger partial charge in [-0.1, -0.05) is 29.4 Å². The van der Waals surface area contributed by atoms with Gasteiger partial charge in [0, 0.05) is 11.1 Å². The molecule has 1 heterocycles. The zero-order valence-electron chi connectivity index (χ0n) is 11.2. The van der Waals surface area contributed by atoms with Gasteiger partial charge < -0.3 is 4.84 Å². The quantitative estimate of drug-likeness (QED) is 0.647. The standard InChI is InChI=1S/C16H13FINO/c1-16(2)14-9-11(10-3-6-12(17)7-4-10)5-8-13(14)15(18)19-20-16/h3-9H,1-2H3. The average molecular weight is 381 g/mol. The monoisotopic (exact) mass is 381 g/mol. The van der Waals surface area contributed by atoms with E-state index in [0.717, 1.165) is 26.0 Å². The number of hydrogen-bond acceptors (Lipinski definition) is 2. The fourth-order valence-electron chi connectivity index (χ4n) is 2.30. The van der Waals surface area contributed by atoms with Crippen LogP contribution in [-0.2, 0) is 10.4 Å². The van der Waals surface area contributed by atoms with E-state index < -0.39 is 5.60 Å². The van der Waals surface area contributed by atoms with E-state index in [2.05, 4.69) is 33.8 Å². The van der Waals surface area contributed by atoms with Crippen LogP contribution in [0.5, 0.6) is 0 Å². The van der Waals surface area contributed by atoms with Gasteiger partial charge in [0.15, 0.2) is 5.60 Å². The maximum Gasteiger partial charge on any atom is 0.157 e. The molecule has 2 aromatic rings. The summed E-state index contributed by atoms with van der Waals surface area (Å²) in [6, 6.07) is 12.7. The van der Waals surface area contributed by atoms with Crippen molar-refractivity contribution in [2.45, 2.75) is 19.4 Å². The third-order valence-electron chi connectivity index (χ3n) is 3.42. The van der Waals surface area contributed by atoms with Crippen molar-refractivity contribution in [2.24, 2.45) is 5.16 Å². The van der Waals surface area contributed by atoms with E-state index in [1.807, 2.05) is 26.0 Å². The number of nitrogens with zero attached hydrogens (tertiary/aromatic N) is 1. The molecule has 0 saturated heterocycles. The van der Waals surface area contributed by atoms with Crippen molar-refractivity contribution >= 4 is 26.3 Å². The molecule has 0 atom stereocenters. The molecule has 0 spiro atoms. The average Bonchev–Trinajstić information content (AvgIpc) is 2.44. The Labute approximate surface area is 130 Å². The van der Waals surface area contributed by atoms with Crippen LogP contribution in [0.4, 0.5) is 4.39 Å². The highest BCUT2D eigenvalue weighted by atomic mass is 127. The minimum Gasteiger partial charge on any atom is -0.384 e. The topological polar surface area (TPSA) is 21.6 Å². The molecule has 2 aromatic carbocycles. The summed E-state index contributed by atoms with van der Waals surface area (Å²) in [5.74, 6) is -0.225. The molecule has 0 radical (unpaired) electrons. The smallest absolute Gasteiger partial charge is 0.157 e. The minimum atomic E-state index is -0.458. The summed E-state index contributed by atoms with van der Waals surface area (Å²) in [5, 5.41) is 4.09. The molecule has 2 nitrogen and oxygen atoms in total. The van der Waals surface area contributed by atoms with E-state index in [1.54, 1.807) is 12.1 Å². The number of rotatable bonds is 1. The first kappa shape index (κ1) is 13.5. The largest absolute Gasteiger partial charge is 0.384 e. The van der Waals surface area contributed by atoms with E-state index in [4.69, 9.17) is 4.84 Å². The Hall–Kier alpha value is -1.43. The highest BCUT2D eigenvalue weighted by molar-refractivity contribution is 14.1. The number of oxime groups is 1.